The van der Waals surface area contributed by atoms with E-state index >= 15 is 0 Å². The molecule has 3 nitrogen and oxygen atoms in total. The van der Waals surface area contributed by atoms with Crippen molar-refractivity contribution in [3.05, 3.63) is 65.7 Å². The van der Waals surface area contributed by atoms with Crippen molar-refractivity contribution in [3.63, 3.8) is 0 Å². The van der Waals surface area contributed by atoms with E-state index in [1.807, 2.05) is 42.5 Å². The SMILES string of the molecule is COCCc1ccc(OC(CN)c2ccccc2)cc1. The lowest BCUT2D eigenvalue weighted by Gasteiger charge is -2.18. The molecule has 1 unspecified atom stereocenters. The molecule has 0 saturated heterocycles. The van der Waals surface area contributed by atoms with Crippen LogP contribution >= 0.6 is 0 Å². The highest BCUT2D eigenvalue weighted by Gasteiger charge is 2.10. The van der Waals surface area contributed by atoms with Crippen LogP contribution in [-0.4, -0.2) is 20.3 Å². The normalized spacial score (nSPS) is 12.1. The van der Waals surface area contributed by atoms with Gasteiger partial charge in [0.15, 0.2) is 0 Å². The number of nitrogens with two attached hydrogens (primary N) is 1. The lowest BCUT2D eigenvalue weighted by Crippen LogP contribution is -2.18. The highest BCUT2D eigenvalue weighted by atomic mass is 16.5. The standard InChI is InChI=1S/C17H21NO2/c1-19-12-11-14-7-9-16(10-8-14)20-17(13-18)15-5-3-2-4-6-15/h2-10,17H,11-13,18H2,1H3. The molecule has 0 heterocycles. The second kappa shape index (κ2) is 7.68. The molecule has 1 atom stereocenters. The summed E-state index contributed by atoms with van der Waals surface area (Å²) < 4.78 is 11.0. The van der Waals surface area contributed by atoms with Gasteiger partial charge in [-0.3, -0.25) is 0 Å². The van der Waals surface area contributed by atoms with Crippen LogP contribution in [0.2, 0.25) is 0 Å². The summed E-state index contributed by atoms with van der Waals surface area (Å²) in [6.45, 7) is 1.19. The quantitative estimate of drug-likeness (QED) is 0.842. The van der Waals surface area contributed by atoms with Gasteiger partial charge in [0.2, 0.25) is 0 Å². The van der Waals surface area contributed by atoms with E-state index in [4.69, 9.17) is 15.2 Å². The molecule has 0 aliphatic rings. The predicted molar refractivity (Wildman–Crippen MR) is 80.9 cm³/mol. The molecule has 3 heteroatoms. The van der Waals surface area contributed by atoms with Crippen molar-refractivity contribution < 1.29 is 9.47 Å². The maximum atomic E-state index is 5.95. The van der Waals surface area contributed by atoms with Gasteiger partial charge in [-0.2, -0.15) is 0 Å². The van der Waals surface area contributed by atoms with Crippen LogP contribution in [0.1, 0.15) is 17.2 Å². The Balaban J connectivity index is 2.01. The summed E-state index contributed by atoms with van der Waals surface area (Å²) in [7, 11) is 1.71. The van der Waals surface area contributed by atoms with Crippen LogP contribution < -0.4 is 10.5 Å². The van der Waals surface area contributed by atoms with Crippen LogP contribution in [0, 0.1) is 0 Å². The van der Waals surface area contributed by atoms with Gasteiger partial charge in [-0.25, -0.2) is 0 Å². The fraction of sp³-hybridized carbons (Fsp3) is 0.294. The topological polar surface area (TPSA) is 44.5 Å². The van der Waals surface area contributed by atoms with Crippen molar-refractivity contribution in [2.45, 2.75) is 12.5 Å². The van der Waals surface area contributed by atoms with Crippen LogP contribution in [0.15, 0.2) is 54.6 Å². The summed E-state index contributed by atoms with van der Waals surface area (Å²) in [4.78, 5) is 0. The van der Waals surface area contributed by atoms with Crippen LogP contribution in [0.5, 0.6) is 5.75 Å². The van der Waals surface area contributed by atoms with Crippen LogP contribution in [0.4, 0.5) is 0 Å². The Labute approximate surface area is 120 Å². The smallest absolute Gasteiger partial charge is 0.136 e. The van der Waals surface area contributed by atoms with Crippen molar-refractivity contribution in [3.8, 4) is 5.75 Å². The Hall–Kier alpha value is -1.84. The summed E-state index contributed by atoms with van der Waals surface area (Å²) in [5.74, 6) is 0.838. The van der Waals surface area contributed by atoms with Gasteiger partial charge in [-0.1, -0.05) is 42.5 Å². The highest BCUT2D eigenvalue weighted by molar-refractivity contribution is 5.29. The van der Waals surface area contributed by atoms with Crippen LogP contribution in [0.3, 0.4) is 0 Å². The first-order chi connectivity index (χ1) is 9.83. The fourth-order valence-electron chi connectivity index (χ4n) is 2.04. The van der Waals surface area contributed by atoms with Gasteiger partial charge in [0.1, 0.15) is 11.9 Å². The van der Waals surface area contributed by atoms with E-state index < -0.39 is 0 Å². The molecule has 2 aromatic carbocycles. The summed E-state index contributed by atoms with van der Waals surface area (Å²) in [5.41, 5.74) is 8.14. The Bertz CT molecular complexity index is 496. The average molecular weight is 271 g/mol. The number of benzene rings is 2. The Morgan fingerprint density at radius 1 is 1.00 bits per heavy atom. The molecule has 0 fully saturated rings. The van der Waals surface area contributed by atoms with E-state index in [0.29, 0.717) is 6.54 Å². The lowest BCUT2D eigenvalue weighted by atomic mass is 10.1. The van der Waals surface area contributed by atoms with Gasteiger partial charge in [0.25, 0.3) is 0 Å². The predicted octanol–water partition coefficient (Wildman–Crippen LogP) is 2.95. The van der Waals surface area contributed by atoms with E-state index in [-0.39, 0.29) is 6.10 Å². The number of rotatable bonds is 7. The first kappa shape index (κ1) is 14.6. The van der Waals surface area contributed by atoms with Crippen molar-refractivity contribution in [2.24, 2.45) is 5.73 Å². The summed E-state index contributed by atoms with van der Waals surface area (Å²) in [6, 6.07) is 18.1. The summed E-state index contributed by atoms with van der Waals surface area (Å²) in [6.07, 6.45) is 0.802. The summed E-state index contributed by atoms with van der Waals surface area (Å²) >= 11 is 0. The Morgan fingerprint density at radius 2 is 1.70 bits per heavy atom. The van der Waals surface area contributed by atoms with Crippen molar-refractivity contribution in [1.82, 2.24) is 0 Å². The fourth-order valence-corrected chi connectivity index (χ4v) is 2.04. The Morgan fingerprint density at radius 3 is 2.30 bits per heavy atom. The zero-order valence-corrected chi connectivity index (χ0v) is 11.8. The van der Waals surface area contributed by atoms with Gasteiger partial charge >= 0.3 is 0 Å². The minimum atomic E-state index is -0.110. The number of ether oxygens (including phenoxy) is 2. The maximum absolute atomic E-state index is 5.95. The molecule has 2 N–H and O–H groups in total. The third kappa shape index (κ3) is 4.08. The van der Waals surface area contributed by atoms with Gasteiger partial charge in [0.05, 0.1) is 6.61 Å². The molecule has 106 valence electrons. The zero-order valence-electron chi connectivity index (χ0n) is 11.8. The molecule has 0 bridgehead atoms. The molecule has 20 heavy (non-hydrogen) atoms. The third-order valence-corrected chi connectivity index (χ3v) is 3.18. The molecular weight excluding hydrogens is 250 g/mol. The molecule has 0 aliphatic heterocycles. The zero-order chi connectivity index (χ0) is 14.2. The molecule has 2 rings (SSSR count). The van der Waals surface area contributed by atoms with E-state index in [1.165, 1.54) is 5.56 Å². The van der Waals surface area contributed by atoms with Crippen LogP contribution in [0.25, 0.3) is 0 Å². The van der Waals surface area contributed by atoms with Crippen molar-refractivity contribution in [2.75, 3.05) is 20.3 Å². The minimum absolute atomic E-state index is 0.110. The molecule has 0 aromatic heterocycles. The van der Waals surface area contributed by atoms with Gasteiger partial charge in [-0.05, 0) is 29.7 Å². The van der Waals surface area contributed by atoms with Gasteiger partial charge < -0.3 is 15.2 Å². The van der Waals surface area contributed by atoms with Crippen molar-refractivity contribution in [1.29, 1.82) is 0 Å². The van der Waals surface area contributed by atoms with E-state index in [9.17, 15) is 0 Å². The largest absolute Gasteiger partial charge is 0.484 e. The Kier molecular flexibility index (Phi) is 5.59. The molecule has 0 saturated carbocycles. The highest BCUT2D eigenvalue weighted by Crippen LogP contribution is 2.21. The number of hydrogen-bond donors (Lipinski definition) is 1. The monoisotopic (exact) mass is 271 g/mol. The average Bonchev–Trinajstić information content (AvgIpc) is 2.52. The first-order valence-corrected chi connectivity index (χ1v) is 6.83. The molecule has 0 radical (unpaired) electrons. The van der Waals surface area contributed by atoms with Gasteiger partial charge in [0, 0.05) is 13.7 Å². The number of methoxy groups -OCH3 is 1. The third-order valence-electron chi connectivity index (χ3n) is 3.18. The second-order valence-electron chi connectivity index (χ2n) is 4.64. The van der Waals surface area contributed by atoms with E-state index in [0.717, 1.165) is 24.3 Å². The van der Waals surface area contributed by atoms with E-state index in [2.05, 4.69) is 12.1 Å². The lowest BCUT2D eigenvalue weighted by molar-refractivity contribution is 0.202. The maximum Gasteiger partial charge on any atom is 0.136 e. The molecular formula is C17H21NO2. The minimum Gasteiger partial charge on any atom is -0.484 e. The first-order valence-electron chi connectivity index (χ1n) is 6.83. The number of hydrogen-bond acceptors (Lipinski definition) is 3. The molecule has 0 amide bonds. The second-order valence-corrected chi connectivity index (χ2v) is 4.64. The van der Waals surface area contributed by atoms with Crippen molar-refractivity contribution >= 4 is 0 Å². The summed E-state index contributed by atoms with van der Waals surface area (Å²) in [5, 5.41) is 0. The molecule has 2 aromatic rings. The van der Waals surface area contributed by atoms with Gasteiger partial charge in [-0.15, -0.1) is 0 Å². The van der Waals surface area contributed by atoms with Crippen LogP contribution in [-0.2, 0) is 11.2 Å². The van der Waals surface area contributed by atoms with E-state index in [1.54, 1.807) is 7.11 Å². The molecule has 0 aliphatic carbocycles. The molecule has 0 spiro atoms.